The molecule has 2 aromatic rings. The van der Waals surface area contributed by atoms with Gasteiger partial charge < -0.3 is 15.5 Å². The quantitative estimate of drug-likeness (QED) is 0.773. The lowest BCUT2D eigenvalue weighted by Gasteiger charge is -2.06. The number of nitrogens with zero attached hydrogens (tertiary/aromatic N) is 1. The zero-order valence-corrected chi connectivity index (χ0v) is 9.74. The van der Waals surface area contributed by atoms with Crippen molar-refractivity contribution in [1.82, 2.24) is 0 Å². The van der Waals surface area contributed by atoms with E-state index in [-0.39, 0.29) is 0 Å². The summed E-state index contributed by atoms with van der Waals surface area (Å²) >= 11 is 0. The number of nitrogens with two attached hydrogens (primary N) is 1. The molecule has 86 valence electrons. The summed E-state index contributed by atoms with van der Waals surface area (Å²) in [6.07, 6.45) is 0. The molecular weight excluding hydrogens is 214 g/mol. The number of rotatable bonds is 2. The number of anilines is 1. The first kappa shape index (κ1) is 11.1. The fourth-order valence-electron chi connectivity index (χ4n) is 1.56. The summed E-state index contributed by atoms with van der Waals surface area (Å²) in [5, 5.41) is 12.7. The molecule has 0 unspecified atom stereocenters. The highest BCUT2D eigenvalue weighted by Gasteiger charge is 2.03. The summed E-state index contributed by atoms with van der Waals surface area (Å²) in [6, 6.07) is 9.63. The van der Waals surface area contributed by atoms with Gasteiger partial charge in [0.25, 0.3) is 0 Å². The minimum absolute atomic E-state index is 0.368. The molecule has 1 aromatic carbocycles. The van der Waals surface area contributed by atoms with E-state index in [4.69, 9.17) is 15.4 Å². The summed E-state index contributed by atoms with van der Waals surface area (Å²) in [5.74, 6) is 1.24. The molecule has 4 nitrogen and oxygen atoms in total. The third-order valence-electron chi connectivity index (χ3n) is 2.49. The highest BCUT2D eigenvalue weighted by molar-refractivity contribution is 5.82. The van der Waals surface area contributed by atoms with Crippen LogP contribution in [0.3, 0.4) is 0 Å². The lowest BCUT2D eigenvalue weighted by atomic mass is 10.2. The number of nitriles is 1. The number of aryl methyl sites for hydroxylation is 1. The predicted molar refractivity (Wildman–Crippen MR) is 67.1 cm³/mol. The maximum atomic E-state index is 8.72. The molecule has 1 heterocycles. The van der Waals surface area contributed by atoms with Crippen LogP contribution < -0.4 is 11.1 Å². The van der Waals surface area contributed by atoms with Gasteiger partial charge in [-0.15, -0.1) is 0 Å². The Hall–Kier alpha value is -2.41. The Balaban J connectivity index is 2.35. The predicted octanol–water partition coefficient (Wildman–Crippen LogP) is 2.87. The molecule has 17 heavy (non-hydrogen) atoms. The van der Waals surface area contributed by atoms with E-state index in [0.717, 1.165) is 22.4 Å². The maximum absolute atomic E-state index is 8.72. The fourth-order valence-corrected chi connectivity index (χ4v) is 1.56. The molecule has 0 fully saturated rings. The van der Waals surface area contributed by atoms with Crippen molar-refractivity contribution in [3.05, 3.63) is 41.4 Å². The molecule has 2 rings (SSSR count). The minimum atomic E-state index is 0.368. The Labute approximate surface area is 99.3 Å². The van der Waals surface area contributed by atoms with E-state index in [1.807, 2.05) is 37.3 Å². The normalized spacial score (nSPS) is 12.1. The average molecular weight is 227 g/mol. The summed E-state index contributed by atoms with van der Waals surface area (Å²) in [7, 11) is 0. The van der Waals surface area contributed by atoms with Crippen LogP contribution in [0.4, 0.5) is 5.69 Å². The Bertz CT molecular complexity index is 632. The molecule has 4 heteroatoms. The van der Waals surface area contributed by atoms with Crippen molar-refractivity contribution in [3.8, 4) is 6.07 Å². The Morgan fingerprint density at radius 3 is 2.88 bits per heavy atom. The first-order chi connectivity index (χ1) is 8.10. The summed E-state index contributed by atoms with van der Waals surface area (Å²) < 4.78 is 5.47. The number of allylic oxidation sites excluding steroid dienone is 1. The summed E-state index contributed by atoms with van der Waals surface area (Å²) in [6.45, 7) is 3.57. The van der Waals surface area contributed by atoms with Crippen molar-refractivity contribution >= 4 is 16.7 Å². The van der Waals surface area contributed by atoms with Crippen LogP contribution in [-0.2, 0) is 0 Å². The summed E-state index contributed by atoms with van der Waals surface area (Å²) in [5.41, 5.74) is 7.88. The largest absolute Gasteiger partial charge is 0.461 e. The SMILES string of the molecule is C/C(C#N)=C(\N)Nc1ccc2oc(C)cc2c1. The van der Waals surface area contributed by atoms with Crippen molar-refractivity contribution < 1.29 is 4.42 Å². The third-order valence-corrected chi connectivity index (χ3v) is 2.49. The van der Waals surface area contributed by atoms with Crippen molar-refractivity contribution in [3.63, 3.8) is 0 Å². The average Bonchev–Trinajstić information content (AvgIpc) is 2.67. The van der Waals surface area contributed by atoms with Crippen LogP contribution in [0.25, 0.3) is 11.0 Å². The second kappa shape index (κ2) is 4.22. The van der Waals surface area contributed by atoms with Gasteiger partial charge in [0.05, 0.1) is 11.6 Å². The van der Waals surface area contributed by atoms with Crippen LogP contribution in [0.2, 0.25) is 0 Å². The molecule has 0 atom stereocenters. The standard InChI is InChI=1S/C13H13N3O/c1-8(7-14)13(15)16-11-3-4-12-10(6-11)5-9(2)17-12/h3-6,16H,15H2,1-2H3/b13-8-. The lowest BCUT2D eigenvalue weighted by molar-refractivity contribution is 0.578. The van der Waals surface area contributed by atoms with Gasteiger partial charge in [-0.2, -0.15) is 5.26 Å². The molecule has 0 saturated heterocycles. The molecule has 0 saturated carbocycles. The van der Waals surface area contributed by atoms with Gasteiger partial charge in [-0.1, -0.05) is 0 Å². The molecule has 3 N–H and O–H groups in total. The van der Waals surface area contributed by atoms with Crippen molar-refractivity contribution in [1.29, 1.82) is 5.26 Å². The van der Waals surface area contributed by atoms with Gasteiger partial charge >= 0.3 is 0 Å². The van der Waals surface area contributed by atoms with Crippen molar-refractivity contribution in [2.75, 3.05) is 5.32 Å². The fraction of sp³-hybridized carbons (Fsp3) is 0.154. The second-order valence-electron chi connectivity index (χ2n) is 3.89. The Kier molecular flexibility index (Phi) is 2.75. The van der Waals surface area contributed by atoms with Gasteiger partial charge in [0, 0.05) is 11.1 Å². The van der Waals surface area contributed by atoms with Crippen LogP contribution in [0.1, 0.15) is 12.7 Å². The molecule has 0 spiro atoms. The molecule has 0 amide bonds. The molecule has 0 aliphatic rings. The smallest absolute Gasteiger partial charge is 0.134 e. The maximum Gasteiger partial charge on any atom is 0.134 e. The second-order valence-corrected chi connectivity index (χ2v) is 3.89. The highest BCUT2D eigenvalue weighted by atomic mass is 16.3. The molecule has 0 aliphatic carbocycles. The first-order valence-electron chi connectivity index (χ1n) is 5.24. The van der Waals surface area contributed by atoms with Crippen LogP contribution in [0, 0.1) is 18.3 Å². The van der Waals surface area contributed by atoms with Gasteiger partial charge in [-0.25, -0.2) is 0 Å². The topological polar surface area (TPSA) is 75.0 Å². The van der Waals surface area contributed by atoms with Gasteiger partial charge in [0.15, 0.2) is 0 Å². The van der Waals surface area contributed by atoms with Crippen LogP contribution >= 0.6 is 0 Å². The van der Waals surface area contributed by atoms with E-state index in [0.29, 0.717) is 11.4 Å². The monoisotopic (exact) mass is 227 g/mol. The summed E-state index contributed by atoms with van der Waals surface area (Å²) in [4.78, 5) is 0. The van der Waals surface area contributed by atoms with Gasteiger partial charge in [0.1, 0.15) is 17.2 Å². The molecule has 0 radical (unpaired) electrons. The van der Waals surface area contributed by atoms with Crippen LogP contribution in [0.15, 0.2) is 40.1 Å². The Morgan fingerprint density at radius 1 is 1.41 bits per heavy atom. The number of hydrogen-bond donors (Lipinski definition) is 2. The number of benzene rings is 1. The van der Waals surface area contributed by atoms with Crippen LogP contribution in [-0.4, -0.2) is 0 Å². The van der Waals surface area contributed by atoms with Gasteiger partial charge in [0.2, 0.25) is 0 Å². The van der Waals surface area contributed by atoms with E-state index < -0.39 is 0 Å². The van der Waals surface area contributed by atoms with E-state index in [1.165, 1.54) is 0 Å². The van der Waals surface area contributed by atoms with E-state index in [9.17, 15) is 0 Å². The van der Waals surface area contributed by atoms with Crippen molar-refractivity contribution in [2.24, 2.45) is 5.73 Å². The molecule has 1 aromatic heterocycles. The lowest BCUT2D eigenvalue weighted by Crippen LogP contribution is -2.10. The zero-order valence-electron chi connectivity index (χ0n) is 9.74. The minimum Gasteiger partial charge on any atom is -0.461 e. The zero-order chi connectivity index (χ0) is 12.4. The number of fused-ring (bicyclic) bond motifs is 1. The van der Waals surface area contributed by atoms with E-state index in [2.05, 4.69) is 5.32 Å². The number of nitrogens with one attached hydrogen (secondary N) is 1. The molecule has 0 bridgehead atoms. The first-order valence-corrected chi connectivity index (χ1v) is 5.24. The van der Waals surface area contributed by atoms with Gasteiger partial charge in [-0.05, 0) is 38.1 Å². The van der Waals surface area contributed by atoms with Gasteiger partial charge in [-0.3, -0.25) is 0 Å². The third kappa shape index (κ3) is 2.23. The molecular formula is C13H13N3O. The van der Waals surface area contributed by atoms with E-state index >= 15 is 0 Å². The Morgan fingerprint density at radius 2 is 2.18 bits per heavy atom. The molecule has 0 aliphatic heterocycles. The number of furan rings is 1. The van der Waals surface area contributed by atoms with Crippen molar-refractivity contribution in [2.45, 2.75) is 13.8 Å². The van der Waals surface area contributed by atoms with Crippen LogP contribution in [0.5, 0.6) is 0 Å². The van der Waals surface area contributed by atoms with E-state index in [1.54, 1.807) is 6.92 Å². The number of hydrogen-bond acceptors (Lipinski definition) is 4. The highest BCUT2D eigenvalue weighted by Crippen LogP contribution is 2.23.